The summed E-state index contributed by atoms with van der Waals surface area (Å²) in [5.74, 6) is 1.66. The smallest absolute Gasteiger partial charge is 0.163 e. The first-order chi connectivity index (χ1) is 9.15. The second kappa shape index (κ2) is 4.34. The monoisotopic (exact) mass is 257 g/mol. The van der Waals surface area contributed by atoms with E-state index in [4.69, 9.17) is 0 Å². The van der Waals surface area contributed by atoms with Gasteiger partial charge in [-0.1, -0.05) is 0 Å². The van der Waals surface area contributed by atoms with Gasteiger partial charge in [0.2, 0.25) is 0 Å². The number of fused-ring (bicyclic) bond motifs is 1. The Morgan fingerprint density at radius 2 is 2.16 bits per heavy atom. The van der Waals surface area contributed by atoms with Crippen molar-refractivity contribution in [1.29, 1.82) is 0 Å². The molecule has 3 heterocycles. The number of imidazole rings is 1. The summed E-state index contributed by atoms with van der Waals surface area (Å²) in [6, 6.07) is 0. The number of aromatic nitrogens is 6. The lowest BCUT2D eigenvalue weighted by atomic mass is 10.4. The van der Waals surface area contributed by atoms with E-state index < -0.39 is 0 Å². The molecule has 98 valence electrons. The van der Waals surface area contributed by atoms with E-state index in [0.29, 0.717) is 6.54 Å². The Balaban J connectivity index is 1.85. The van der Waals surface area contributed by atoms with Gasteiger partial charge in [-0.25, -0.2) is 15.0 Å². The number of hydrogen-bond donors (Lipinski definition) is 2. The van der Waals surface area contributed by atoms with E-state index in [9.17, 15) is 0 Å². The fourth-order valence-electron chi connectivity index (χ4n) is 1.98. The third-order valence-corrected chi connectivity index (χ3v) is 3.13. The number of nitrogens with one attached hydrogen (secondary N) is 2. The summed E-state index contributed by atoms with van der Waals surface area (Å²) >= 11 is 0. The standard InChI is InChI=1S/C12H15N7/c1-7-8(2)18-10(17-7)5-13-11-9-4-16-19(3)12(9)15-6-14-11/h4,6H,5H2,1-3H3,(H,17,18)(H,13,14,15). The van der Waals surface area contributed by atoms with E-state index in [1.165, 1.54) is 6.33 Å². The molecule has 3 rings (SSSR count). The zero-order valence-electron chi connectivity index (χ0n) is 11.1. The maximum Gasteiger partial charge on any atom is 0.163 e. The van der Waals surface area contributed by atoms with Crippen molar-refractivity contribution in [1.82, 2.24) is 29.7 Å². The molecule has 3 aromatic heterocycles. The van der Waals surface area contributed by atoms with Crippen LogP contribution < -0.4 is 5.32 Å². The lowest BCUT2D eigenvalue weighted by Crippen LogP contribution is -2.04. The SMILES string of the molecule is Cc1nc(CNc2ncnc3c2cnn3C)[nH]c1C. The molecule has 2 N–H and O–H groups in total. The maximum absolute atomic E-state index is 4.43. The second-order valence-electron chi connectivity index (χ2n) is 4.48. The second-order valence-corrected chi connectivity index (χ2v) is 4.48. The van der Waals surface area contributed by atoms with E-state index in [1.807, 2.05) is 20.9 Å². The summed E-state index contributed by atoms with van der Waals surface area (Å²) in [5.41, 5.74) is 2.92. The largest absolute Gasteiger partial charge is 0.362 e. The van der Waals surface area contributed by atoms with Crippen molar-refractivity contribution in [3.63, 3.8) is 0 Å². The van der Waals surface area contributed by atoms with Gasteiger partial charge in [-0.3, -0.25) is 4.68 Å². The van der Waals surface area contributed by atoms with Gasteiger partial charge in [0.1, 0.15) is 18.0 Å². The summed E-state index contributed by atoms with van der Waals surface area (Å²) < 4.78 is 1.73. The molecule has 0 fully saturated rings. The highest BCUT2D eigenvalue weighted by molar-refractivity contribution is 5.85. The molecule has 19 heavy (non-hydrogen) atoms. The maximum atomic E-state index is 4.43. The van der Waals surface area contributed by atoms with Gasteiger partial charge in [-0.2, -0.15) is 5.10 Å². The fraction of sp³-hybridized carbons (Fsp3) is 0.333. The van der Waals surface area contributed by atoms with E-state index in [-0.39, 0.29) is 0 Å². The molecule has 0 amide bonds. The molecular formula is C12H15N7. The number of aryl methyl sites for hydroxylation is 3. The number of nitrogens with zero attached hydrogens (tertiary/aromatic N) is 5. The summed E-state index contributed by atoms with van der Waals surface area (Å²) in [5, 5.41) is 8.35. The molecule has 0 aliphatic heterocycles. The molecule has 0 spiro atoms. The zero-order valence-corrected chi connectivity index (χ0v) is 11.1. The predicted octanol–water partition coefficient (Wildman–Crippen LogP) is 1.32. The van der Waals surface area contributed by atoms with Crippen LogP contribution in [0, 0.1) is 13.8 Å². The van der Waals surface area contributed by atoms with Gasteiger partial charge >= 0.3 is 0 Å². The number of aromatic amines is 1. The fourth-order valence-corrected chi connectivity index (χ4v) is 1.98. The van der Waals surface area contributed by atoms with Crippen LogP contribution in [-0.2, 0) is 13.6 Å². The normalized spacial score (nSPS) is 11.1. The van der Waals surface area contributed by atoms with Gasteiger partial charge in [0.05, 0.1) is 23.8 Å². The van der Waals surface area contributed by atoms with Gasteiger partial charge in [0.25, 0.3) is 0 Å². The number of hydrogen-bond acceptors (Lipinski definition) is 5. The topological polar surface area (TPSA) is 84.3 Å². The quantitative estimate of drug-likeness (QED) is 0.739. The van der Waals surface area contributed by atoms with Crippen LogP contribution in [0.1, 0.15) is 17.2 Å². The van der Waals surface area contributed by atoms with Crippen LogP contribution in [0.2, 0.25) is 0 Å². The van der Waals surface area contributed by atoms with Crippen LogP contribution in [0.15, 0.2) is 12.5 Å². The number of rotatable bonds is 3. The van der Waals surface area contributed by atoms with E-state index in [0.717, 1.165) is 34.1 Å². The first kappa shape index (κ1) is 11.6. The molecule has 0 unspecified atom stereocenters. The van der Waals surface area contributed by atoms with Crippen LogP contribution in [0.4, 0.5) is 5.82 Å². The molecule has 0 bridgehead atoms. The van der Waals surface area contributed by atoms with Crippen molar-refractivity contribution < 1.29 is 0 Å². The Kier molecular flexibility index (Phi) is 2.66. The minimum Gasteiger partial charge on any atom is -0.362 e. The highest BCUT2D eigenvalue weighted by Gasteiger charge is 2.08. The van der Waals surface area contributed by atoms with E-state index in [1.54, 1.807) is 10.9 Å². The summed E-state index contributed by atoms with van der Waals surface area (Å²) in [4.78, 5) is 16.1. The van der Waals surface area contributed by atoms with Crippen LogP contribution in [0.3, 0.4) is 0 Å². The molecule has 3 aromatic rings. The molecule has 7 heteroatoms. The Labute approximate surface area is 110 Å². The molecule has 0 radical (unpaired) electrons. The van der Waals surface area contributed by atoms with Crippen LogP contribution in [0.25, 0.3) is 11.0 Å². The van der Waals surface area contributed by atoms with Crippen molar-refractivity contribution in [3.8, 4) is 0 Å². The lowest BCUT2D eigenvalue weighted by molar-refractivity contribution is 0.785. The summed E-state index contributed by atoms with van der Waals surface area (Å²) in [7, 11) is 1.86. The zero-order chi connectivity index (χ0) is 13.4. The third-order valence-electron chi connectivity index (χ3n) is 3.13. The minimum absolute atomic E-state index is 0.593. The summed E-state index contributed by atoms with van der Waals surface area (Å²) in [6.45, 7) is 4.59. The van der Waals surface area contributed by atoms with Crippen LogP contribution >= 0.6 is 0 Å². The highest BCUT2D eigenvalue weighted by atomic mass is 15.3. The Morgan fingerprint density at radius 3 is 2.89 bits per heavy atom. The molecular weight excluding hydrogens is 242 g/mol. The third kappa shape index (κ3) is 2.03. The van der Waals surface area contributed by atoms with Gasteiger partial charge in [-0.05, 0) is 13.8 Å². The van der Waals surface area contributed by atoms with E-state index >= 15 is 0 Å². The average Bonchev–Trinajstić information content (AvgIpc) is 2.92. The molecule has 0 aliphatic carbocycles. The minimum atomic E-state index is 0.593. The number of H-pyrrole nitrogens is 1. The molecule has 0 saturated carbocycles. The van der Waals surface area contributed by atoms with Gasteiger partial charge in [-0.15, -0.1) is 0 Å². The first-order valence-corrected chi connectivity index (χ1v) is 6.04. The number of anilines is 1. The van der Waals surface area contributed by atoms with Crippen molar-refractivity contribution in [2.45, 2.75) is 20.4 Å². The predicted molar refractivity (Wildman–Crippen MR) is 71.7 cm³/mol. The first-order valence-electron chi connectivity index (χ1n) is 6.04. The average molecular weight is 257 g/mol. The Bertz CT molecular complexity index is 705. The van der Waals surface area contributed by atoms with Gasteiger partial charge in [0.15, 0.2) is 5.65 Å². The van der Waals surface area contributed by atoms with Gasteiger partial charge < -0.3 is 10.3 Å². The van der Waals surface area contributed by atoms with Crippen molar-refractivity contribution >= 4 is 16.9 Å². The lowest BCUT2D eigenvalue weighted by Gasteiger charge is -2.04. The molecule has 0 aliphatic rings. The van der Waals surface area contributed by atoms with Crippen molar-refractivity contribution in [2.24, 2.45) is 7.05 Å². The summed E-state index contributed by atoms with van der Waals surface area (Å²) in [6.07, 6.45) is 3.29. The Morgan fingerprint density at radius 1 is 1.32 bits per heavy atom. The highest BCUT2D eigenvalue weighted by Crippen LogP contribution is 2.18. The Hall–Kier alpha value is -2.44. The van der Waals surface area contributed by atoms with E-state index in [2.05, 4.69) is 30.4 Å². The van der Waals surface area contributed by atoms with Crippen molar-refractivity contribution in [3.05, 3.63) is 29.7 Å². The van der Waals surface area contributed by atoms with Crippen molar-refractivity contribution in [2.75, 3.05) is 5.32 Å². The van der Waals surface area contributed by atoms with Crippen LogP contribution in [0.5, 0.6) is 0 Å². The van der Waals surface area contributed by atoms with Crippen LogP contribution in [-0.4, -0.2) is 29.7 Å². The molecule has 7 nitrogen and oxygen atoms in total. The molecule has 0 aromatic carbocycles. The molecule has 0 atom stereocenters. The molecule has 0 saturated heterocycles. The van der Waals surface area contributed by atoms with Gasteiger partial charge in [0, 0.05) is 12.7 Å².